The molecule has 0 unspecified atom stereocenters. The maximum absolute atomic E-state index is 12.4. The van der Waals surface area contributed by atoms with Crippen molar-refractivity contribution in [1.82, 2.24) is 15.5 Å². The molecule has 1 aromatic heterocycles. The Morgan fingerprint density at radius 3 is 2.76 bits per heavy atom. The minimum atomic E-state index is -0.224. The van der Waals surface area contributed by atoms with Crippen molar-refractivity contribution in [3.8, 4) is 0 Å². The smallest absolute Gasteiger partial charge is 0.321 e. The Morgan fingerprint density at radius 2 is 2.12 bits per heavy atom. The van der Waals surface area contributed by atoms with E-state index in [4.69, 9.17) is 0 Å². The maximum atomic E-state index is 12.4. The molecule has 7 nitrogen and oxygen atoms in total. The largest absolute Gasteiger partial charge is 0.336 e. The SMILES string of the molecule is CCC[C@H](C)c1cc(NC(=O)c2ccc(N3CCNC3=O)cc2)n[nH]1. The molecule has 1 aliphatic heterocycles. The molecular formula is C18H23N5O2. The lowest BCUT2D eigenvalue weighted by Crippen LogP contribution is -2.27. The van der Waals surface area contributed by atoms with Crippen LogP contribution >= 0.6 is 0 Å². The van der Waals surface area contributed by atoms with E-state index in [9.17, 15) is 9.59 Å². The van der Waals surface area contributed by atoms with E-state index in [0.29, 0.717) is 30.4 Å². The van der Waals surface area contributed by atoms with Gasteiger partial charge in [0.15, 0.2) is 5.82 Å². The lowest BCUT2D eigenvalue weighted by atomic mass is 10.0. The van der Waals surface area contributed by atoms with Crippen molar-refractivity contribution in [2.45, 2.75) is 32.6 Å². The Morgan fingerprint density at radius 1 is 1.36 bits per heavy atom. The van der Waals surface area contributed by atoms with Crippen LogP contribution in [0.2, 0.25) is 0 Å². The van der Waals surface area contributed by atoms with E-state index < -0.39 is 0 Å². The van der Waals surface area contributed by atoms with Crippen LogP contribution < -0.4 is 15.5 Å². The zero-order chi connectivity index (χ0) is 17.8. The molecule has 1 saturated heterocycles. The molecule has 0 bridgehead atoms. The topological polar surface area (TPSA) is 90.1 Å². The average Bonchev–Trinajstić information content (AvgIpc) is 3.24. The van der Waals surface area contributed by atoms with Crippen molar-refractivity contribution in [3.05, 3.63) is 41.6 Å². The summed E-state index contributed by atoms with van der Waals surface area (Å²) in [4.78, 5) is 25.7. The van der Waals surface area contributed by atoms with Crippen LogP contribution in [0.15, 0.2) is 30.3 Å². The number of aromatic amines is 1. The van der Waals surface area contributed by atoms with Gasteiger partial charge < -0.3 is 10.6 Å². The second-order valence-electron chi connectivity index (χ2n) is 6.28. The number of hydrogen-bond donors (Lipinski definition) is 3. The summed E-state index contributed by atoms with van der Waals surface area (Å²) in [7, 11) is 0. The quantitative estimate of drug-likeness (QED) is 0.754. The van der Waals surface area contributed by atoms with Crippen molar-refractivity contribution in [2.75, 3.05) is 23.3 Å². The number of hydrogen-bond acceptors (Lipinski definition) is 3. The molecule has 0 radical (unpaired) electrons. The van der Waals surface area contributed by atoms with Gasteiger partial charge in [0.05, 0.1) is 0 Å². The van der Waals surface area contributed by atoms with E-state index in [1.807, 2.05) is 6.07 Å². The summed E-state index contributed by atoms with van der Waals surface area (Å²) < 4.78 is 0. The highest BCUT2D eigenvalue weighted by Gasteiger charge is 2.21. The number of rotatable bonds is 6. The summed E-state index contributed by atoms with van der Waals surface area (Å²) in [6.45, 7) is 5.55. The van der Waals surface area contributed by atoms with Gasteiger partial charge in [0.25, 0.3) is 5.91 Å². The third kappa shape index (κ3) is 3.81. The highest BCUT2D eigenvalue weighted by Crippen LogP contribution is 2.21. The number of aromatic nitrogens is 2. The monoisotopic (exact) mass is 341 g/mol. The van der Waals surface area contributed by atoms with Gasteiger partial charge in [-0.15, -0.1) is 0 Å². The third-order valence-corrected chi connectivity index (χ3v) is 4.39. The predicted octanol–water partition coefficient (Wildman–Crippen LogP) is 3.10. The maximum Gasteiger partial charge on any atom is 0.321 e. The molecule has 1 aliphatic rings. The van der Waals surface area contributed by atoms with Crippen LogP contribution in [0.5, 0.6) is 0 Å². The lowest BCUT2D eigenvalue weighted by molar-refractivity contribution is 0.102. The van der Waals surface area contributed by atoms with Crippen LogP contribution in [-0.4, -0.2) is 35.2 Å². The van der Waals surface area contributed by atoms with Crippen molar-refractivity contribution in [2.24, 2.45) is 0 Å². The number of anilines is 2. The van der Waals surface area contributed by atoms with Crippen LogP contribution in [0.25, 0.3) is 0 Å². The van der Waals surface area contributed by atoms with Gasteiger partial charge in [0.1, 0.15) is 0 Å². The van der Waals surface area contributed by atoms with Crippen LogP contribution in [0, 0.1) is 0 Å². The molecule has 2 heterocycles. The van der Waals surface area contributed by atoms with Crippen molar-refractivity contribution in [1.29, 1.82) is 0 Å². The summed E-state index contributed by atoms with van der Waals surface area (Å²) in [6.07, 6.45) is 2.17. The summed E-state index contributed by atoms with van der Waals surface area (Å²) in [5, 5.41) is 12.7. The van der Waals surface area contributed by atoms with Crippen molar-refractivity contribution >= 4 is 23.4 Å². The number of carbonyl (C=O) groups excluding carboxylic acids is 2. The van der Waals surface area contributed by atoms with Crippen molar-refractivity contribution < 1.29 is 9.59 Å². The van der Waals surface area contributed by atoms with Gasteiger partial charge >= 0.3 is 6.03 Å². The molecule has 3 N–H and O–H groups in total. The molecular weight excluding hydrogens is 318 g/mol. The third-order valence-electron chi connectivity index (χ3n) is 4.39. The normalized spacial score (nSPS) is 15.1. The second-order valence-corrected chi connectivity index (χ2v) is 6.28. The molecule has 3 rings (SSSR count). The Bertz CT molecular complexity index is 753. The van der Waals surface area contributed by atoms with E-state index >= 15 is 0 Å². The average molecular weight is 341 g/mol. The minimum absolute atomic E-state index is 0.109. The zero-order valence-corrected chi connectivity index (χ0v) is 14.5. The van der Waals surface area contributed by atoms with Crippen LogP contribution in [-0.2, 0) is 0 Å². The highest BCUT2D eigenvalue weighted by molar-refractivity contribution is 6.04. The summed E-state index contributed by atoms with van der Waals surface area (Å²) >= 11 is 0. The van der Waals surface area contributed by atoms with Gasteiger partial charge in [-0.25, -0.2) is 4.79 Å². The van der Waals surface area contributed by atoms with E-state index in [0.717, 1.165) is 24.2 Å². The molecule has 0 spiro atoms. The standard InChI is InChI=1S/C18H23N5O2/c1-3-4-12(2)15-11-16(22-21-15)20-17(24)13-5-7-14(8-6-13)23-10-9-19-18(23)25/h5-8,11-12H,3-4,9-10H2,1-2H3,(H,19,25)(H2,20,21,22,24)/t12-/m0/s1. The van der Waals surface area contributed by atoms with Gasteiger partial charge in [-0.2, -0.15) is 5.10 Å². The van der Waals surface area contributed by atoms with Crippen LogP contribution in [0.4, 0.5) is 16.3 Å². The van der Waals surface area contributed by atoms with Gasteiger partial charge in [0.2, 0.25) is 0 Å². The Labute approximate surface area is 146 Å². The van der Waals surface area contributed by atoms with Gasteiger partial charge in [0, 0.05) is 36.1 Å². The number of H-pyrrole nitrogens is 1. The molecule has 7 heteroatoms. The Kier molecular flexibility index (Phi) is 5.02. The molecule has 25 heavy (non-hydrogen) atoms. The number of nitrogens with one attached hydrogen (secondary N) is 3. The van der Waals surface area contributed by atoms with E-state index in [2.05, 4.69) is 34.7 Å². The first-order chi connectivity index (χ1) is 12.1. The minimum Gasteiger partial charge on any atom is -0.336 e. The first-order valence-electron chi connectivity index (χ1n) is 8.60. The number of carbonyl (C=O) groups is 2. The first-order valence-corrected chi connectivity index (χ1v) is 8.60. The molecule has 1 fully saturated rings. The second kappa shape index (κ2) is 7.38. The number of urea groups is 1. The zero-order valence-electron chi connectivity index (χ0n) is 14.5. The number of amides is 3. The van der Waals surface area contributed by atoms with E-state index in [1.54, 1.807) is 29.2 Å². The summed E-state index contributed by atoms with van der Waals surface area (Å²) in [5.74, 6) is 0.679. The fourth-order valence-electron chi connectivity index (χ4n) is 2.94. The summed E-state index contributed by atoms with van der Waals surface area (Å²) in [6, 6.07) is 8.74. The molecule has 0 aliphatic carbocycles. The van der Waals surface area contributed by atoms with Gasteiger partial charge in [-0.05, 0) is 36.6 Å². The Hall–Kier alpha value is -2.83. The molecule has 132 valence electrons. The molecule has 1 atom stereocenters. The van der Waals surface area contributed by atoms with E-state index in [1.165, 1.54) is 0 Å². The molecule has 0 saturated carbocycles. The first kappa shape index (κ1) is 17.0. The fraction of sp³-hybridized carbons (Fsp3) is 0.389. The van der Waals surface area contributed by atoms with Gasteiger partial charge in [-0.1, -0.05) is 20.3 Å². The van der Waals surface area contributed by atoms with Crippen LogP contribution in [0.1, 0.15) is 48.7 Å². The van der Waals surface area contributed by atoms with Crippen molar-refractivity contribution in [3.63, 3.8) is 0 Å². The number of nitrogens with zero attached hydrogens (tertiary/aromatic N) is 2. The van der Waals surface area contributed by atoms with Crippen LogP contribution in [0.3, 0.4) is 0 Å². The Balaban J connectivity index is 1.64. The fourth-order valence-corrected chi connectivity index (χ4v) is 2.94. The van der Waals surface area contributed by atoms with Gasteiger partial charge in [-0.3, -0.25) is 14.8 Å². The number of benzene rings is 1. The predicted molar refractivity (Wildman–Crippen MR) is 97.1 cm³/mol. The molecule has 3 amide bonds. The lowest BCUT2D eigenvalue weighted by Gasteiger charge is -2.14. The molecule has 2 aromatic rings. The molecule has 1 aromatic carbocycles. The van der Waals surface area contributed by atoms with E-state index in [-0.39, 0.29) is 11.9 Å². The highest BCUT2D eigenvalue weighted by atomic mass is 16.2. The summed E-state index contributed by atoms with van der Waals surface area (Å²) in [5.41, 5.74) is 2.32.